The van der Waals surface area contributed by atoms with E-state index in [0.717, 1.165) is 0 Å². The van der Waals surface area contributed by atoms with Crippen molar-refractivity contribution in [1.29, 1.82) is 0 Å². The fourth-order valence-electron chi connectivity index (χ4n) is 1.69. The normalized spacial score (nSPS) is 17.9. The van der Waals surface area contributed by atoms with Crippen LogP contribution < -0.4 is 0 Å². The van der Waals surface area contributed by atoms with E-state index >= 15 is 0 Å². The molecule has 23 heavy (non-hydrogen) atoms. The second-order valence-corrected chi connectivity index (χ2v) is 4.78. The van der Waals surface area contributed by atoms with Gasteiger partial charge in [-0.1, -0.05) is 18.2 Å². The molecule has 0 radical (unpaired) electrons. The van der Waals surface area contributed by atoms with Crippen molar-refractivity contribution in [2.45, 2.75) is 18.0 Å². The third kappa shape index (κ3) is 3.05. The molecule has 2 rings (SSSR count). The molecule has 1 aromatic carbocycles. The van der Waals surface area contributed by atoms with Gasteiger partial charge >= 0.3 is 18.0 Å². The Bertz CT molecular complexity index is 661. The fraction of sp³-hybridized carbons (Fsp3) is 0.231. The Morgan fingerprint density at radius 3 is 1.96 bits per heavy atom. The molecule has 0 atom stereocenters. The van der Waals surface area contributed by atoms with Crippen LogP contribution in [0.5, 0.6) is 0 Å². The lowest BCUT2D eigenvalue weighted by Gasteiger charge is -2.33. The van der Waals surface area contributed by atoms with E-state index < -0.39 is 29.8 Å². The van der Waals surface area contributed by atoms with E-state index in [-0.39, 0.29) is 10.6 Å². The highest BCUT2D eigenvalue weighted by atomic mass is 35.5. The van der Waals surface area contributed by atoms with Crippen LogP contribution in [0, 0.1) is 0 Å². The number of hydrogen-bond acceptors (Lipinski definition) is 3. The Kier molecular flexibility index (Phi) is 4.18. The van der Waals surface area contributed by atoms with Gasteiger partial charge in [-0.15, -0.1) is 0 Å². The lowest BCUT2D eigenvalue weighted by atomic mass is 10.1. The average Bonchev–Trinajstić information content (AvgIpc) is 2.45. The van der Waals surface area contributed by atoms with Crippen molar-refractivity contribution < 1.29 is 31.1 Å². The number of aliphatic imine (C=N–C) groups is 2. The Hall–Kier alpha value is -2.03. The molecule has 0 aromatic heterocycles. The minimum atomic E-state index is -5.82. The molecule has 1 aliphatic rings. The summed E-state index contributed by atoms with van der Waals surface area (Å²) < 4.78 is 83.5. The Balaban J connectivity index is 2.68. The number of ether oxygens (including phenoxy) is 1. The van der Waals surface area contributed by atoms with Crippen molar-refractivity contribution >= 4 is 23.4 Å². The van der Waals surface area contributed by atoms with E-state index in [1.165, 1.54) is 24.3 Å². The van der Waals surface area contributed by atoms with Crippen LogP contribution in [0.3, 0.4) is 0 Å². The second kappa shape index (κ2) is 5.55. The van der Waals surface area contributed by atoms with E-state index in [9.17, 15) is 26.3 Å². The van der Waals surface area contributed by atoms with Crippen molar-refractivity contribution in [3.63, 3.8) is 0 Å². The van der Waals surface area contributed by atoms with Crippen molar-refractivity contribution in [3.8, 4) is 0 Å². The maximum atomic E-state index is 13.1. The van der Waals surface area contributed by atoms with Crippen LogP contribution in [-0.4, -0.2) is 29.8 Å². The summed E-state index contributed by atoms with van der Waals surface area (Å²) in [5.74, 6) is -1.83. The van der Waals surface area contributed by atoms with Crippen molar-refractivity contribution in [3.05, 3.63) is 47.5 Å². The van der Waals surface area contributed by atoms with Crippen molar-refractivity contribution in [1.82, 2.24) is 0 Å². The molecule has 1 aliphatic heterocycles. The van der Waals surface area contributed by atoms with E-state index in [1.54, 1.807) is 0 Å². The van der Waals surface area contributed by atoms with Gasteiger partial charge in [0.1, 0.15) is 0 Å². The smallest absolute Gasteiger partial charge is 0.421 e. The zero-order valence-electron chi connectivity index (χ0n) is 11.0. The van der Waals surface area contributed by atoms with Crippen LogP contribution in [0.2, 0.25) is 5.02 Å². The molecule has 0 unspecified atom stereocenters. The van der Waals surface area contributed by atoms with Crippen molar-refractivity contribution in [2.75, 3.05) is 0 Å². The summed E-state index contributed by atoms with van der Waals surface area (Å²) in [6.45, 7) is 3.09. The summed E-state index contributed by atoms with van der Waals surface area (Å²) in [7, 11) is 0. The molecule has 0 N–H and O–H groups in total. The first-order valence-corrected chi connectivity index (χ1v) is 6.27. The largest absolute Gasteiger partial charge is 0.443 e. The highest BCUT2D eigenvalue weighted by Gasteiger charge is 2.73. The number of alkyl halides is 6. The molecule has 3 nitrogen and oxygen atoms in total. The zero-order chi connectivity index (χ0) is 17.5. The van der Waals surface area contributed by atoms with E-state index in [0.29, 0.717) is 6.08 Å². The van der Waals surface area contributed by atoms with E-state index in [2.05, 4.69) is 16.6 Å². The topological polar surface area (TPSA) is 34.0 Å². The van der Waals surface area contributed by atoms with Crippen LogP contribution >= 0.6 is 11.6 Å². The van der Waals surface area contributed by atoms with Gasteiger partial charge in [0.05, 0.1) is 0 Å². The SMILES string of the molecule is C=CC1=NC(C(F)(F)F)(C(F)(F)F)N=C(c2ccc(Cl)cc2)O1. The monoisotopic (exact) mass is 356 g/mol. The highest BCUT2D eigenvalue weighted by molar-refractivity contribution is 6.30. The minimum absolute atomic E-state index is 0.124. The molecule has 1 heterocycles. The van der Waals surface area contributed by atoms with Crippen LogP contribution in [0.1, 0.15) is 5.56 Å². The number of halogens is 7. The third-order valence-corrected chi connectivity index (χ3v) is 3.04. The average molecular weight is 357 g/mol. The van der Waals surface area contributed by atoms with Crippen molar-refractivity contribution in [2.24, 2.45) is 9.98 Å². The Morgan fingerprint density at radius 2 is 1.52 bits per heavy atom. The van der Waals surface area contributed by atoms with Gasteiger partial charge in [-0.2, -0.15) is 26.3 Å². The Morgan fingerprint density at radius 1 is 1.00 bits per heavy atom. The fourth-order valence-corrected chi connectivity index (χ4v) is 1.82. The highest BCUT2D eigenvalue weighted by Crippen LogP contribution is 2.48. The predicted octanol–water partition coefficient (Wildman–Crippen LogP) is 4.52. The molecular weight excluding hydrogens is 350 g/mol. The first kappa shape index (κ1) is 17.3. The summed E-state index contributed by atoms with van der Waals surface area (Å²) in [4.78, 5) is 5.30. The molecule has 0 aliphatic carbocycles. The molecule has 0 saturated heterocycles. The quantitative estimate of drug-likeness (QED) is 0.717. The van der Waals surface area contributed by atoms with Crippen LogP contribution in [0.15, 0.2) is 46.9 Å². The van der Waals surface area contributed by atoms with Crippen LogP contribution in [0.4, 0.5) is 26.3 Å². The Labute approximate surface area is 130 Å². The number of rotatable bonds is 2. The standard InChI is InChI=1S/C13H7ClF6N2O/c1-2-9-21-11(12(15,16)17,13(18,19)20)22-10(23-9)7-3-5-8(14)6-4-7/h2-6H,1H2. The molecule has 0 bridgehead atoms. The molecule has 0 saturated carbocycles. The van der Waals surface area contributed by atoms with Gasteiger partial charge in [0, 0.05) is 10.6 Å². The molecule has 1 aromatic rings. The molecule has 124 valence electrons. The molecular formula is C13H7ClF6N2O. The molecule has 0 amide bonds. The van der Waals surface area contributed by atoms with Gasteiger partial charge in [-0.3, -0.25) is 0 Å². The summed E-state index contributed by atoms with van der Waals surface area (Å²) >= 11 is 5.63. The van der Waals surface area contributed by atoms with Crippen LogP contribution in [-0.2, 0) is 4.74 Å². The van der Waals surface area contributed by atoms with Gasteiger partial charge in [0.25, 0.3) is 0 Å². The van der Waals surface area contributed by atoms with E-state index in [1.807, 2.05) is 0 Å². The first-order valence-electron chi connectivity index (χ1n) is 5.89. The molecule has 0 spiro atoms. The van der Waals surface area contributed by atoms with Crippen LogP contribution in [0.25, 0.3) is 0 Å². The van der Waals surface area contributed by atoms with Gasteiger partial charge in [-0.25, -0.2) is 9.98 Å². The minimum Gasteiger partial charge on any atom is -0.421 e. The van der Waals surface area contributed by atoms with Gasteiger partial charge < -0.3 is 4.74 Å². The number of hydrogen-bond donors (Lipinski definition) is 0. The number of benzene rings is 1. The molecule has 10 heteroatoms. The van der Waals surface area contributed by atoms with Gasteiger partial charge in [0.2, 0.25) is 11.8 Å². The third-order valence-electron chi connectivity index (χ3n) is 2.79. The van der Waals surface area contributed by atoms with Gasteiger partial charge in [-0.05, 0) is 30.3 Å². The molecule has 0 fully saturated rings. The second-order valence-electron chi connectivity index (χ2n) is 4.35. The van der Waals surface area contributed by atoms with Gasteiger partial charge in [0.15, 0.2) is 0 Å². The van der Waals surface area contributed by atoms with E-state index in [4.69, 9.17) is 16.3 Å². The lowest BCUT2D eigenvalue weighted by molar-refractivity contribution is -0.293. The summed E-state index contributed by atoms with van der Waals surface area (Å²) in [6.07, 6.45) is -11.0. The summed E-state index contributed by atoms with van der Waals surface area (Å²) in [5.41, 5.74) is -4.78. The summed E-state index contributed by atoms with van der Waals surface area (Å²) in [5, 5.41) is 0.237. The zero-order valence-corrected chi connectivity index (χ0v) is 11.8. The predicted molar refractivity (Wildman–Crippen MR) is 71.5 cm³/mol. The summed E-state index contributed by atoms with van der Waals surface area (Å²) in [6, 6.07) is 4.88. The first-order chi connectivity index (χ1) is 10.5. The maximum Gasteiger partial charge on any atom is 0.443 e. The lowest BCUT2D eigenvalue weighted by Crippen LogP contribution is -2.56. The number of nitrogens with zero attached hydrogens (tertiary/aromatic N) is 2. The maximum absolute atomic E-state index is 13.1.